The SMILES string of the molecule is O=C(N[C@@H]1CCOC1=O)c1cnc(NNC(=S)NC2c3ccccc3CCc3ccccc32)c(Cl)c1. The molecule has 0 unspecified atom stereocenters. The van der Waals surface area contributed by atoms with Crippen LogP contribution in [0.25, 0.3) is 0 Å². The first kappa shape index (κ1) is 24.0. The van der Waals surface area contributed by atoms with Crippen molar-refractivity contribution in [2.24, 2.45) is 0 Å². The first-order valence-corrected chi connectivity index (χ1v) is 12.4. The molecule has 184 valence electrons. The smallest absolute Gasteiger partial charge is 0.328 e. The topological polar surface area (TPSA) is 104 Å². The summed E-state index contributed by atoms with van der Waals surface area (Å²) in [4.78, 5) is 28.3. The molecule has 2 aromatic carbocycles. The molecular formula is C26H24ClN5O3S. The van der Waals surface area contributed by atoms with Crippen LogP contribution in [-0.2, 0) is 22.4 Å². The van der Waals surface area contributed by atoms with Crippen molar-refractivity contribution in [2.45, 2.75) is 31.3 Å². The van der Waals surface area contributed by atoms with E-state index in [-0.39, 0.29) is 16.6 Å². The molecule has 0 spiro atoms. The molecule has 1 aliphatic carbocycles. The molecule has 1 atom stereocenters. The quantitative estimate of drug-likeness (QED) is 0.230. The minimum Gasteiger partial charge on any atom is -0.464 e. The van der Waals surface area contributed by atoms with Gasteiger partial charge in [0.15, 0.2) is 10.9 Å². The maximum atomic E-state index is 12.4. The van der Waals surface area contributed by atoms with Gasteiger partial charge in [0.05, 0.1) is 23.2 Å². The number of anilines is 1. The van der Waals surface area contributed by atoms with Gasteiger partial charge in [0.1, 0.15) is 6.04 Å². The number of thiocarbonyl (C=S) groups is 1. The van der Waals surface area contributed by atoms with Gasteiger partial charge in [-0.05, 0) is 53.4 Å². The second kappa shape index (κ2) is 10.5. The van der Waals surface area contributed by atoms with Crippen molar-refractivity contribution >= 4 is 46.6 Å². The van der Waals surface area contributed by atoms with Crippen LogP contribution >= 0.6 is 23.8 Å². The third-order valence-corrected chi connectivity index (χ3v) is 6.82. The lowest BCUT2D eigenvalue weighted by Crippen LogP contribution is -2.41. The number of carbonyl (C=O) groups is 2. The standard InChI is InChI=1S/C26H24ClN5O3S/c27-20-13-17(24(33)29-21-11-12-35-25(21)34)14-28-23(20)31-32-26(36)30-22-18-7-3-1-5-15(18)9-10-16-6-2-4-8-19(16)22/h1-8,13-14,21-22H,9-12H2,(H,28,31)(H,29,33)(H2,30,32,36)/t21-/m1/s1. The number of nitrogens with one attached hydrogen (secondary N) is 4. The van der Waals surface area contributed by atoms with Crippen molar-refractivity contribution in [3.63, 3.8) is 0 Å². The molecule has 5 rings (SSSR count). The second-order valence-electron chi connectivity index (χ2n) is 8.59. The van der Waals surface area contributed by atoms with Gasteiger partial charge in [-0.3, -0.25) is 15.6 Å². The molecule has 1 aromatic heterocycles. The van der Waals surface area contributed by atoms with E-state index in [2.05, 4.69) is 62.9 Å². The Bertz CT molecular complexity index is 1290. The summed E-state index contributed by atoms with van der Waals surface area (Å²) in [5.41, 5.74) is 11.0. The molecule has 1 amide bonds. The minimum atomic E-state index is -0.654. The Balaban J connectivity index is 1.25. The van der Waals surface area contributed by atoms with Crippen LogP contribution in [0.1, 0.15) is 45.1 Å². The molecule has 8 nitrogen and oxygen atoms in total. The number of nitrogens with zero attached hydrogens (tertiary/aromatic N) is 1. The molecule has 1 fully saturated rings. The van der Waals surface area contributed by atoms with Crippen LogP contribution in [0.3, 0.4) is 0 Å². The summed E-state index contributed by atoms with van der Waals surface area (Å²) in [6.07, 6.45) is 3.74. The predicted molar refractivity (Wildman–Crippen MR) is 141 cm³/mol. The summed E-state index contributed by atoms with van der Waals surface area (Å²) in [5.74, 6) is -0.584. The normalized spacial score (nSPS) is 16.7. The molecule has 36 heavy (non-hydrogen) atoms. The second-order valence-corrected chi connectivity index (χ2v) is 9.41. The van der Waals surface area contributed by atoms with E-state index >= 15 is 0 Å². The summed E-state index contributed by atoms with van der Waals surface area (Å²) in [6.45, 7) is 0.295. The molecule has 10 heteroatoms. The molecular weight excluding hydrogens is 498 g/mol. The number of hydrogen-bond acceptors (Lipinski definition) is 6. The highest BCUT2D eigenvalue weighted by Crippen LogP contribution is 2.32. The minimum absolute atomic E-state index is 0.113. The Morgan fingerprint density at radius 1 is 1.03 bits per heavy atom. The lowest BCUT2D eigenvalue weighted by Gasteiger charge is -2.24. The number of amides is 1. The third kappa shape index (κ3) is 5.12. The van der Waals surface area contributed by atoms with Gasteiger partial charge in [0, 0.05) is 12.6 Å². The Morgan fingerprint density at radius 2 is 1.69 bits per heavy atom. The lowest BCUT2D eigenvalue weighted by molar-refractivity contribution is -0.139. The van der Waals surface area contributed by atoms with E-state index in [1.54, 1.807) is 0 Å². The first-order valence-electron chi connectivity index (χ1n) is 11.6. The summed E-state index contributed by atoms with van der Waals surface area (Å²) >= 11 is 11.9. The van der Waals surface area contributed by atoms with Crippen molar-refractivity contribution in [3.8, 4) is 0 Å². The average molecular weight is 522 g/mol. The van der Waals surface area contributed by atoms with Gasteiger partial charge in [0.25, 0.3) is 5.91 Å². The van der Waals surface area contributed by atoms with Crippen LogP contribution in [0.15, 0.2) is 60.8 Å². The van der Waals surface area contributed by atoms with E-state index in [1.165, 1.54) is 34.5 Å². The zero-order valence-corrected chi connectivity index (χ0v) is 20.8. The molecule has 3 aromatic rings. The molecule has 0 saturated carbocycles. The first-order chi connectivity index (χ1) is 17.5. The zero-order chi connectivity index (χ0) is 25.1. The van der Waals surface area contributed by atoms with E-state index in [0.717, 1.165) is 12.8 Å². The van der Waals surface area contributed by atoms with E-state index in [1.807, 2.05) is 12.1 Å². The van der Waals surface area contributed by atoms with Crippen LogP contribution < -0.4 is 21.5 Å². The van der Waals surface area contributed by atoms with Crippen LogP contribution in [0.5, 0.6) is 0 Å². The van der Waals surface area contributed by atoms with Crippen LogP contribution in [-0.4, -0.2) is 34.6 Å². The fourth-order valence-corrected chi connectivity index (χ4v) is 4.87. The van der Waals surface area contributed by atoms with Gasteiger partial charge in [-0.1, -0.05) is 60.1 Å². The molecule has 2 heterocycles. The van der Waals surface area contributed by atoms with E-state index < -0.39 is 17.9 Å². The van der Waals surface area contributed by atoms with Crippen LogP contribution in [0.4, 0.5) is 5.82 Å². The monoisotopic (exact) mass is 521 g/mol. The highest BCUT2D eigenvalue weighted by atomic mass is 35.5. The van der Waals surface area contributed by atoms with Crippen molar-refractivity contribution in [2.75, 3.05) is 12.0 Å². The maximum Gasteiger partial charge on any atom is 0.328 e. The highest BCUT2D eigenvalue weighted by Gasteiger charge is 2.28. The van der Waals surface area contributed by atoms with Crippen molar-refractivity contribution in [1.82, 2.24) is 21.0 Å². The Hall–Kier alpha value is -3.69. The Kier molecular flexibility index (Phi) is 7.02. The van der Waals surface area contributed by atoms with Crippen molar-refractivity contribution < 1.29 is 14.3 Å². The number of fused-ring (bicyclic) bond motifs is 2. The van der Waals surface area contributed by atoms with Gasteiger partial charge in [0.2, 0.25) is 0 Å². The van der Waals surface area contributed by atoms with Crippen molar-refractivity contribution in [3.05, 3.63) is 93.6 Å². The number of esters is 1. The zero-order valence-electron chi connectivity index (χ0n) is 19.2. The Morgan fingerprint density at radius 3 is 2.31 bits per heavy atom. The Labute approximate surface area is 218 Å². The fourth-order valence-electron chi connectivity index (χ4n) is 4.49. The summed E-state index contributed by atoms with van der Waals surface area (Å²) in [6, 6.07) is 17.4. The largest absolute Gasteiger partial charge is 0.464 e. The number of aromatic nitrogens is 1. The van der Waals surface area contributed by atoms with Gasteiger partial charge < -0.3 is 15.4 Å². The molecule has 1 saturated heterocycles. The van der Waals surface area contributed by atoms with Gasteiger partial charge >= 0.3 is 5.97 Å². The number of hydrazine groups is 1. The number of ether oxygens (including phenoxy) is 1. The van der Waals surface area contributed by atoms with Gasteiger partial charge in [-0.2, -0.15) is 0 Å². The fraction of sp³-hybridized carbons (Fsp3) is 0.231. The van der Waals surface area contributed by atoms with E-state index in [0.29, 0.717) is 24.0 Å². The van der Waals surface area contributed by atoms with Crippen LogP contribution in [0.2, 0.25) is 5.02 Å². The third-order valence-electron chi connectivity index (χ3n) is 6.31. The number of halogens is 1. The summed E-state index contributed by atoms with van der Waals surface area (Å²) < 4.78 is 4.87. The molecule has 2 aliphatic rings. The van der Waals surface area contributed by atoms with E-state index in [4.69, 9.17) is 28.6 Å². The number of cyclic esters (lactones) is 1. The number of aryl methyl sites for hydroxylation is 2. The summed E-state index contributed by atoms with van der Waals surface area (Å²) in [5, 5.41) is 6.63. The highest BCUT2D eigenvalue weighted by molar-refractivity contribution is 7.80. The number of benzene rings is 2. The molecule has 4 N–H and O–H groups in total. The number of pyridine rings is 1. The number of rotatable bonds is 5. The van der Waals surface area contributed by atoms with Gasteiger partial charge in [-0.15, -0.1) is 0 Å². The van der Waals surface area contributed by atoms with Crippen molar-refractivity contribution in [1.29, 1.82) is 0 Å². The molecule has 0 bridgehead atoms. The maximum absolute atomic E-state index is 12.4. The molecule has 1 aliphatic heterocycles. The van der Waals surface area contributed by atoms with Gasteiger partial charge in [-0.25, -0.2) is 9.78 Å². The lowest BCUT2D eigenvalue weighted by atomic mass is 9.95. The van der Waals surface area contributed by atoms with Crippen LogP contribution in [0, 0.1) is 0 Å². The number of hydrogen-bond donors (Lipinski definition) is 4. The summed E-state index contributed by atoms with van der Waals surface area (Å²) in [7, 11) is 0. The molecule has 0 radical (unpaired) electrons. The predicted octanol–water partition coefficient (Wildman–Crippen LogP) is 3.46. The average Bonchev–Trinajstić information content (AvgIpc) is 3.22. The number of carbonyl (C=O) groups excluding carboxylic acids is 2. The van der Waals surface area contributed by atoms with E-state index in [9.17, 15) is 9.59 Å².